The predicted octanol–water partition coefficient (Wildman–Crippen LogP) is 0.595. The van der Waals surface area contributed by atoms with Gasteiger partial charge in [-0.05, 0) is 13.8 Å². The molecule has 1 heterocycles. The molecule has 1 rings (SSSR count). The van der Waals surface area contributed by atoms with Gasteiger partial charge in [0, 0.05) is 52.5 Å². The average Bonchev–Trinajstić information content (AvgIpc) is 2.48. The van der Waals surface area contributed by atoms with Gasteiger partial charge in [0.1, 0.15) is 0 Å². The van der Waals surface area contributed by atoms with Gasteiger partial charge < -0.3 is 21.8 Å². The molecule has 0 aliphatic heterocycles. The molecule has 0 bridgehead atoms. The monoisotopic (exact) mass is 406 g/mol. The Balaban J connectivity index is 0.00000256. The van der Waals surface area contributed by atoms with E-state index in [2.05, 4.69) is 34.9 Å². The van der Waals surface area contributed by atoms with Crippen molar-refractivity contribution in [3.63, 3.8) is 0 Å². The van der Waals surface area contributed by atoms with Crippen LogP contribution in [0.15, 0.2) is 4.99 Å². The van der Waals surface area contributed by atoms with Crippen LogP contribution in [0, 0.1) is 26.2 Å². The standard InChI is InChI=1S/C11H20N5.W/c1-5-15-8(2)9(3)16(11(15)14-4)7-6-10(12)13;/h1,5-7H2,2-4H3,(H3,12,13);/q-1;. The molecule has 0 saturated carbocycles. The van der Waals surface area contributed by atoms with Gasteiger partial charge in [-0.1, -0.05) is 0 Å². The minimum Gasteiger partial charge on any atom is -0.388 e. The maximum absolute atomic E-state index is 7.26. The molecule has 1 aromatic rings. The van der Waals surface area contributed by atoms with Crippen LogP contribution in [0.25, 0.3) is 0 Å². The van der Waals surface area contributed by atoms with Crippen LogP contribution in [0.1, 0.15) is 17.8 Å². The number of aromatic nitrogens is 2. The number of nitrogens with one attached hydrogen (secondary N) is 1. The van der Waals surface area contributed by atoms with Crippen LogP contribution in [0.2, 0.25) is 0 Å². The summed E-state index contributed by atoms with van der Waals surface area (Å²) in [6.45, 7) is 9.36. The zero-order valence-electron chi connectivity index (χ0n) is 10.7. The second-order valence-electron chi connectivity index (χ2n) is 3.77. The Hall–Kier alpha value is -0.832. The van der Waals surface area contributed by atoms with E-state index < -0.39 is 0 Å². The Morgan fingerprint density at radius 3 is 2.29 bits per heavy atom. The maximum atomic E-state index is 7.26. The smallest absolute Gasteiger partial charge is 0.202 e. The summed E-state index contributed by atoms with van der Waals surface area (Å²) in [4.78, 5) is 4.28. The molecule has 0 spiro atoms. The molecule has 0 saturated heterocycles. The average molecular weight is 406 g/mol. The number of rotatable bonds is 4. The fourth-order valence-corrected chi connectivity index (χ4v) is 1.85. The first-order valence-corrected chi connectivity index (χ1v) is 5.34. The van der Waals surface area contributed by atoms with Crippen molar-refractivity contribution in [1.29, 1.82) is 5.41 Å². The molecule has 0 aliphatic rings. The van der Waals surface area contributed by atoms with Crippen LogP contribution < -0.4 is 11.4 Å². The summed E-state index contributed by atoms with van der Waals surface area (Å²) in [5.74, 6) is 0.203. The van der Waals surface area contributed by atoms with Crippen molar-refractivity contribution < 1.29 is 21.1 Å². The van der Waals surface area contributed by atoms with Gasteiger partial charge in [-0.15, -0.1) is 6.54 Å². The second kappa shape index (κ2) is 6.80. The van der Waals surface area contributed by atoms with E-state index in [1.165, 1.54) is 5.69 Å². The molecule has 0 aromatic carbocycles. The Labute approximate surface area is 117 Å². The summed E-state index contributed by atoms with van der Waals surface area (Å²) in [5, 5.41) is 7.26. The molecule has 0 amide bonds. The molecule has 5 nitrogen and oxygen atoms in total. The Morgan fingerprint density at radius 1 is 1.35 bits per heavy atom. The number of nitrogens with two attached hydrogens (primary N) is 1. The van der Waals surface area contributed by atoms with Gasteiger partial charge in [-0.25, -0.2) is 0 Å². The minimum atomic E-state index is 0. The largest absolute Gasteiger partial charge is 0.388 e. The topological polar surface area (TPSA) is 72.1 Å². The molecule has 3 N–H and O–H groups in total. The number of imidazole rings is 1. The van der Waals surface area contributed by atoms with Crippen molar-refractivity contribution in [2.75, 3.05) is 7.05 Å². The van der Waals surface area contributed by atoms with E-state index >= 15 is 0 Å². The fourth-order valence-electron chi connectivity index (χ4n) is 1.85. The third-order valence-corrected chi connectivity index (χ3v) is 2.84. The second-order valence-corrected chi connectivity index (χ2v) is 3.77. The molecule has 0 unspecified atom stereocenters. The van der Waals surface area contributed by atoms with Crippen molar-refractivity contribution in [3.05, 3.63) is 23.9 Å². The van der Waals surface area contributed by atoms with E-state index in [0.717, 1.165) is 11.3 Å². The van der Waals surface area contributed by atoms with Crippen molar-refractivity contribution in [2.24, 2.45) is 10.7 Å². The third kappa shape index (κ3) is 3.31. The van der Waals surface area contributed by atoms with Crippen LogP contribution in [0.5, 0.6) is 0 Å². The van der Waals surface area contributed by atoms with Crippen LogP contribution in [0.3, 0.4) is 0 Å². The van der Waals surface area contributed by atoms with Crippen LogP contribution in [-0.4, -0.2) is 22.0 Å². The first-order valence-electron chi connectivity index (χ1n) is 5.34. The van der Waals surface area contributed by atoms with Crippen LogP contribution in [0.4, 0.5) is 0 Å². The third-order valence-electron chi connectivity index (χ3n) is 2.84. The van der Waals surface area contributed by atoms with E-state index in [-0.39, 0.29) is 26.9 Å². The fraction of sp³-hybridized carbons (Fsp3) is 0.545. The van der Waals surface area contributed by atoms with E-state index in [9.17, 15) is 0 Å². The zero-order valence-corrected chi connectivity index (χ0v) is 13.6. The summed E-state index contributed by atoms with van der Waals surface area (Å²) in [6, 6.07) is 0. The summed E-state index contributed by atoms with van der Waals surface area (Å²) in [6.07, 6.45) is 0.550. The molecular weight excluding hydrogens is 386 g/mol. The van der Waals surface area contributed by atoms with Crippen molar-refractivity contribution in [3.8, 4) is 0 Å². The predicted molar refractivity (Wildman–Crippen MR) is 65.3 cm³/mol. The van der Waals surface area contributed by atoms with Crippen molar-refractivity contribution in [2.45, 2.75) is 33.4 Å². The Bertz CT molecular complexity index is 455. The van der Waals surface area contributed by atoms with Crippen molar-refractivity contribution in [1.82, 2.24) is 9.13 Å². The van der Waals surface area contributed by atoms with Gasteiger partial charge in [-0.3, -0.25) is 10.4 Å². The SMILES string of the molecule is [CH2-]Cn1c(C)c(C)n(CCC(=N)N)c1=NC.[W]. The van der Waals surface area contributed by atoms with Gasteiger partial charge in [0.15, 0.2) is 0 Å². The zero-order chi connectivity index (χ0) is 12.3. The Kier molecular flexibility index (Phi) is 6.46. The summed E-state index contributed by atoms with van der Waals surface area (Å²) in [7, 11) is 1.77. The molecular formula is C11H20N5W-. The van der Waals surface area contributed by atoms with E-state index in [1.54, 1.807) is 7.05 Å². The quantitative estimate of drug-likeness (QED) is 0.429. The molecule has 0 fully saturated rings. The summed E-state index contributed by atoms with van der Waals surface area (Å²) in [5.41, 5.74) is 8.60. The molecule has 96 valence electrons. The van der Waals surface area contributed by atoms with Gasteiger partial charge in [-0.2, -0.15) is 0 Å². The summed E-state index contributed by atoms with van der Waals surface area (Å²) >= 11 is 0. The normalized spacial score (nSPS) is 11.4. The van der Waals surface area contributed by atoms with Gasteiger partial charge in [0.25, 0.3) is 0 Å². The number of amidine groups is 1. The van der Waals surface area contributed by atoms with Gasteiger partial charge in [0.2, 0.25) is 5.62 Å². The molecule has 0 aliphatic carbocycles. The molecule has 1 aromatic heterocycles. The Morgan fingerprint density at radius 2 is 1.88 bits per heavy atom. The maximum Gasteiger partial charge on any atom is 0.202 e. The van der Waals surface area contributed by atoms with E-state index in [1.807, 2.05) is 0 Å². The number of hydrogen-bond donors (Lipinski definition) is 2. The molecule has 6 heteroatoms. The van der Waals surface area contributed by atoms with Gasteiger partial charge >= 0.3 is 0 Å². The van der Waals surface area contributed by atoms with E-state index in [0.29, 0.717) is 19.5 Å². The molecule has 0 atom stereocenters. The van der Waals surface area contributed by atoms with Crippen molar-refractivity contribution >= 4 is 5.84 Å². The van der Waals surface area contributed by atoms with Crippen LogP contribution in [-0.2, 0) is 34.2 Å². The van der Waals surface area contributed by atoms with Crippen LogP contribution >= 0.6 is 0 Å². The molecule has 0 radical (unpaired) electrons. The first-order chi connectivity index (χ1) is 7.52. The van der Waals surface area contributed by atoms with E-state index in [4.69, 9.17) is 11.1 Å². The van der Waals surface area contributed by atoms with Gasteiger partial charge in [0.05, 0.1) is 5.84 Å². The summed E-state index contributed by atoms with van der Waals surface area (Å²) < 4.78 is 4.15. The first kappa shape index (κ1) is 16.2. The minimum absolute atomic E-state index is 0. The molecule has 17 heavy (non-hydrogen) atoms. The number of hydrogen-bond acceptors (Lipinski definition) is 2. The number of nitrogens with zero attached hydrogens (tertiary/aromatic N) is 3.